The van der Waals surface area contributed by atoms with Crippen molar-refractivity contribution < 1.29 is 112 Å². The van der Waals surface area contributed by atoms with E-state index < -0.39 is 225 Å². The maximum Gasteiger partial charge on any atom is 0.312 e. The SMILES string of the molecule is CCCCCC[C@H](C[C@H](O)CO)C(C[C@H](O)CO)(C[C@H](O)CO)C(C[C@H](O)CO)(C[C@H](O)CO)C(C[C@H](O)CO)(C[C@H](O)CO)C(C[C@H](O)CO)(C[C@H](O)CO)C(=O)OC[C@H](O)CO. The molecule has 0 heterocycles. The normalized spacial score (nSPS) is 18.4. The van der Waals surface area contributed by atoms with Crippen molar-refractivity contribution in [3.05, 3.63) is 0 Å². The number of aliphatic hydroxyl groups excluding tert-OH is 20. The molecule has 0 radical (unpaired) electrons. The molecule has 0 fully saturated rings. The van der Waals surface area contributed by atoms with Gasteiger partial charge in [0.1, 0.15) is 12.7 Å². The Morgan fingerprint density at radius 1 is 0.406 bits per heavy atom. The van der Waals surface area contributed by atoms with Crippen LogP contribution in [-0.4, -0.2) is 242 Å². The zero-order chi connectivity index (χ0) is 49.3. The van der Waals surface area contributed by atoms with Crippen molar-refractivity contribution in [2.45, 2.75) is 158 Å². The van der Waals surface area contributed by atoms with E-state index in [-0.39, 0.29) is 12.8 Å². The number of rotatable bonds is 40. The number of aliphatic hydroxyl groups is 20. The van der Waals surface area contributed by atoms with Crippen LogP contribution < -0.4 is 0 Å². The van der Waals surface area contributed by atoms with Gasteiger partial charge in [-0.05, 0) is 86.4 Å². The van der Waals surface area contributed by atoms with Gasteiger partial charge in [-0.15, -0.1) is 0 Å². The van der Waals surface area contributed by atoms with Crippen molar-refractivity contribution in [3.63, 3.8) is 0 Å². The first-order valence-electron chi connectivity index (χ1n) is 22.2. The van der Waals surface area contributed by atoms with Crippen molar-refractivity contribution in [2.75, 3.05) is 72.7 Å². The zero-order valence-electron chi connectivity index (χ0n) is 37.3. The molecule has 0 aliphatic heterocycles. The highest BCUT2D eigenvalue weighted by Crippen LogP contribution is 2.74. The molecule has 11 atom stereocenters. The minimum absolute atomic E-state index is 0.0700. The molecular formula is C42H84O22. The number of carbonyl (C=O) groups is 1. The molecule has 0 amide bonds. The summed E-state index contributed by atoms with van der Waals surface area (Å²) in [6, 6.07) is 0. The largest absolute Gasteiger partial charge is 0.462 e. The molecule has 0 rings (SSSR count). The molecule has 0 bridgehead atoms. The van der Waals surface area contributed by atoms with Crippen LogP contribution in [0.15, 0.2) is 0 Å². The van der Waals surface area contributed by atoms with E-state index in [0.29, 0.717) is 19.3 Å². The molecule has 0 aromatic carbocycles. The number of esters is 1. The van der Waals surface area contributed by atoms with Crippen molar-refractivity contribution >= 4 is 5.97 Å². The van der Waals surface area contributed by atoms with E-state index in [1.165, 1.54) is 0 Å². The lowest BCUT2D eigenvalue weighted by molar-refractivity contribution is -0.270. The van der Waals surface area contributed by atoms with Crippen LogP contribution in [0.3, 0.4) is 0 Å². The third kappa shape index (κ3) is 17.0. The molecule has 0 aromatic rings. The van der Waals surface area contributed by atoms with Crippen LogP contribution in [0, 0.1) is 27.6 Å². The Morgan fingerprint density at radius 2 is 0.734 bits per heavy atom. The van der Waals surface area contributed by atoms with E-state index >= 15 is 4.79 Å². The van der Waals surface area contributed by atoms with Crippen LogP contribution in [0.4, 0.5) is 0 Å². The van der Waals surface area contributed by atoms with Crippen molar-refractivity contribution in [2.24, 2.45) is 27.6 Å². The summed E-state index contributed by atoms with van der Waals surface area (Å²) in [6.45, 7) is -10.3. The fourth-order valence-electron chi connectivity index (χ4n) is 10.7. The van der Waals surface area contributed by atoms with Gasteiger partial charge in [-0.25, -0.2) is 0 Å². The summed E-state index contributed by atoms with van der Waals surface area (Å²) < 4.78 is 5.60. The summed E-state index contributed by atoms with van der Waals surface area (Å²) in [5.41, 5.74) is -10.8. The predicted molar refractivity (Wildman–Crippen MR) is 225 cm³/mol. The summed E-state index contributed by atoms with van der Waals surface area (Å²) >= 11 is 0. The van der Waals surface area contributed by atoms with E-state index in [2.05, 4.69) is 0 Å². The Balaban J connectivity index is 10.6. The first-order valence-corrected chi connectivity index (χ1v) is 22.2. The second-order valence-electron chi connectivity index (χ2n) is 17.8. The summed E-state index contributed by atoms with van der Waals surface area (Å²) in [5, 5.41) is 221. The van der Waals surface area contributed by atoms with Crippen LogP contribution in [0.2, 0.25) is 0 Å². The van der Waals surface area contributed by atoms with Gasteiger partial charge in [-0.2, -0.15) is 0 Å². The molecule has 22 heteroatoms. The molecule has 0 aromatic heterocycles. The third-order valence-corrected chi connectivity index (χ3v) is 13.1. The highest BCUT2D eigenvalue weighted by molar-refractivity contribution is 5.79. The average Bonchev–Trinajstić information content (AvgIpc) is 3.29. The van der Waals surface area contributed by atoms with Gasteiger partial charge >= 0.3 is 5.97 Å². The van der Waals surface area contributed by atoms with Crippen molar-refractivity contribution in [3.8, 4) is 0 Å². The van der Waals surface area contributed by atoms with E-state index in [4.69, 9.17) is 4.74 Å². The quantitative estimate of drug-likeness (QED) is 0.0201. The minimum atomic E-state index is -2.94. The van der Waals surface area contributed by atoms with E-state index in [9.17, 15) is 102 Å². The second-order valence-corrected chi connectivity index (χ2v) is 17.8. The highest BCUT2D eigenvalue weighted by atomic mass is 16.5. The van der Waals surface area contributed by atoms with Gasteiger partial charge in [-0.3, -0.25) is 4.79 Å². The van der Waals surface area contributed by atoms with Gasteiger partial charge in [0.15, 0.2) is 0 Å². The van der Waals surface area contributed by atoms with Crippen LogP contribution in [0.25, 0.3) is 0 Å². The summed E-state index contributed by atoms with van der Waals surface area (Å²) in [6.07, 6.45) is -26.5. The molecule has 20 N–H and O–H groups in total. The Kier molecular flexibility index (Phi) is 31.0. The summed E-state index contributed by atoms with van der Waals surface area (Å²) in [5.74, 6) is -2.90. The van der Waals surface area contributed by atoms with Gasteiger partial charge in [0, 0.05) is 0 Å². The minimum Gasteiger partial charge on any atom is -0.462 e. The highest BCUT2D eigenvalue weighted by Gasteiger charge is 2.74. The van der Waals surface area contributed by atoms with E-state index in [0.717, 1.165) is 0 Å². The number of hydrogen-bond donors (Lipinski definition) is 20. The lowest BCUT2D eigenvalue weighted by Gasteiger charge is -2.70. The molecular weight excluding hydrogens is 856 g/mol. The van der Waals surface area contributed by atoms with E-state index in [1.807, 2.05) is 6.92 Å². The monoisotopic (exact) mass is 941 g/mol. The van der Waals surface area contributed by atoms with Gasteiger partial charge in [0.05, 0.1) is 126 Å². The molecule has 0 saturated heterocycles. The molecule has 384 valence electrons. The van der Waals surface area contributed by atoms with Gasteiger partial charge in [0.25, 0.3) is 0 Å². The van der Waals surface area contributed by atoms with Gasteiger partial charge in [0.2, 0.25) is 0 Å². The summed E-state index contributed by atoms with van der Waals surface area (Å²) in [7, 11) is 0. The smallest absolute Gasteiger partial charge is 0.312 e. The molecule has 0 aliphatic rings. The molecule has 0 saturated carbocycles. The van der Waals surface area contributed by atoms with Crippen molar-refractivity contribution in [1.29, 1.82) is 0 Å². The molecule has 0 unspecified atom stereocenters. The lowest BCUT2D eigenvalue weighted by atomic mass is 9.33. The molecule has 22 nitrogen and oxygen atoms in total. The third-order valence-electron chi connectivity index (χ3n) is 13.1. The first-order chi connectivity index (χ1) is 30.2. The topological polar surface area (TPSA) is 431 Å². The van der Waals surface area contributed by atoms with Crippen LogP contribution in [0.5, 0.6) is 0 Å². The molecule has 64 heavy (non-hydrogen) atoms. The van der Waals surface area contributed by atoms with Crippen LogP contribution in [0.1, 0.15) is 96.8 Å². The van der Waals surface area contributed by atoms with Crippen molar-refractivity contribution in [1.82, 2.24) is 0 Å². The van der Waals surface area contributed by atoms with Crippen LogP contribution >= 0.6 is 0 Å². The molecule has 0 aliphatic carbocycles. The average molecular weight is 941 g/mol. The Hall–Kier alpha value is -1.33. The molecule has 0 spiro atoms. The van der Waals surface area contributed by atoms with Gasteiger partial charge < -0.3 is 107 Å². The fraction of sp³-hybridized carbons (Fsp3) is 0.976. The Bertz CT molecular complexity index is 1150. The van der Waals surface area contributed by atoms with Gasteiger partial charge in [-0.1, -0.05) is 32.6 Å². The number of carbonyl (C=O) groups excluding carboxylic acids is 1. The Morgan fingerprint density at radius 3 is 1.08 bits per heavy atom. The maximum absolute atomic E-state index is 15.5. The van der Waals surface area contributed by atoms with Crippen LogP contribution in [-0.2, 0) is 9.53 Å². The van der Waals surface area contributed by atoms with E-state index in [1.54, 1.807) is 0 Å². The first kappa shape index (κ1) is 62.7. The lowest BCUT2D eigenvalue weighted by Crippen LogP contribution is -2.70. The maximum atomic E-state index is 15.5. The Labute approximate surface area is 375 Å². The number of ether oxygens (including phenoxy) is 1. The standard InChI is InChI=1S/C42H84O22/c1-2-3-4-5-6-27(7-28(53)16-43)39(8-29(54)17-44,9-30(55)18-45)41(12-33(58)21-48,13-34(59)22-49)42(14-35(60)23-50,15-36(61)24-51)40(10-31(56)19-46,11-32(57)20-47)38(63)64-26-37(62)25-52/h27-37,43-62H,2-26H2,1H3/t27-,28+,29+,30+,31+,32+,33+,34+,35+,36+,37-/m1/s1. The number of hydrogen-bond acceptors (Lipinski definition) is 22. The summed E-state index contributed by atoms with van der Waals surface area (Å²) in [4.78, 5) is 15.5. The zero-order valence-corrected chi connectivity index (χ0v) is 37.3. The number of unbranched alkanes of at least 4 members (excludes halogenated alkanes) is 3. The fourth-order valence-corrected chi connectivity index (χ4v) is 10.7. The second kappa shape index (κ2) is 31.7. The predicted octanol–water partition coefficient (Wildman–Crippen LogP) is -5.90.